The number of fused-ring (bicyclic) bond motifs is 1. The number of carbonyl (C=O) groups is 4. The van der Waals surface area contributed by atoms with Crippen LogP contribution < -0.4 is 5.73 Å². The summed E-state index contributed by atoms with van der Waals surface area (Å²) in [4.78, 5) is 55.3. The Labute approximate surface area is 290 Å². The number of ether oxygens (including phenoxy) is 5. The first-order chi connectivity index (χ1) is 24.4. The molecule has 20 heteroatoms. The highest BCUT2D eigenvalue weighted by Crippen LogP contribution is 2.48. The quantitative estimate of drug-likeness (QED) is 0.0590. The average Bonchev–Trinajstić information content (AvgIpc) is 3.53. The molecular formula is C31H34N5O14P. The zero-order valence-corrected chi connectivity index (χ0v) is 27.9. The minimum Gasteiger partial charge on any atom is -0.478 e. The molecule has 0 saturated carbocycles. The van der Waals surface area contributed by atoms with Gasteiger partial charge in [-0.05, 0) is 18.1 Å². The smallest absolute Gasteiger partial charge is 0.478 e. The molecule has 0 unspecified atom stereocenters. The molecule has 0 fully saturated rings. The number of nitrogens with zero attached hydrogens (tertiary/aromatic N) is 4. The number of nitrogen functional groups attached to an aromatic ring is 1. The predicted molar refractivity (Wildman–Crippen MR) is 174 cm³/mol. The van der Waals surface area contributed by atoms with Crippen molar-refractivity contribution in [3.63, 3.8) is 0 Å². The van der Waals surface area contributed by atoms with E-state index in [0.717, 1.165) is 11.1 Å². The second kappa shape index (κ2) is 20.6. The van der Waals surface area contributed by atoms with Gasteiger partial charge in [0.05, 0.1) is 19.0 Å². The summed E-state index contributed by atoms with van der Waals surface area (Å²) in [5.41, 5.74) is 8.24. The first kappa shape index (κ1) is 39.6. The van der Waals surface area contributed by atoms with Gasteiger partial charge in [0.25, 0.3) is 0 Å². The number of nitrogens with two attached hydrogens (primary N) is 1. The number of carboxylic acids is 2. The largest absolute Gasteiger partial charge is 0.510 e. The first-order valence-electron chi connectivity index (χ1n) is 14.7. The maximum atomic E-state index is 13.4. The molecular weight excluding hydrogens is 697 g/mol. The Morgan fingerprint density at radius 1 is 0.804 bits per heavy atom. The lowest BCUT2D eigenvalue weighted by molar-refractivity contribution is -0.134. The van der Waals surface area contributed by atoms with Crippen molar-refractivity contribution in [3.05, 3.63) is 96.6 Å². The van der Waals surface area contributed by atoms with Gasteiger partial charge in [0, 0.05) is 12.2 Å². The Bertz CT molecular complexity index is 1720. The second-order valence-corrected chi connectivity index (χ2v) is 11.9. The molecule has 1 atom stereocenters. The van der Waals surface area contributed by atoms with Crippen LogP contribution in [0.3, 0.4) is 0 Å². The fourth-order valence-corrected chi connectivity index (χ4v) is 4.75. The molecule has 0 saturated heterocycles. The van der Waals surface area contributed by atoms with Crippen LogP contribution in [-0.4, -0.2) is 80.0 Å². The molecule has 0 aliphatic carbocycles. The number of carbonyl (C=O) groups excluding carboxylic acids is 2. The third-order valence-corrected chi connectivity index (χ3v) is 7.48. The van der Waals surface area contributed by atoms with Gasteiger partial charge in [-0.15, -0.1) is 0 Å². The number of imidazole rings is 1. The average molecular weight is 732 g/mol. The molecule has 0 radical (unpaired) electrons. The third-order valence-electron chi connectivity index (χ3n) is 6.02. The second-order valence-electron chi connectivity index (χ2n) is 9.89. The van der Waals surface area contributed by atoms with Crippen molar-refractivity contribution in [3.8, 4) is 0 Å². The van der Waals surface area contributed by atoms with Crippen LogP contribution in [0.1, 0.15) is 18.1 Å². The van der Waals surface area contributed by atoms with Gasteiger partial charge >= 0.3 is 31.8 Å². The third kappa shape index (κ3) is 15.0. The Hall–Kier alpha value is -5.88. The lowest BCUT2D eigenvalue weighted by Gasteiger charge is -2.21. The van der Waals surface area contributed by atoms with Crippen molar-refractivity contribution in [2.45, 2.75) is 32.8 Å². The number of aliphatic carboxylic acids is 2. The van der Waals surface area contributed by atoms with E-state index in [1.807, 2.05) is 12.1 Å². The molecule has 0 aliphatic heterocycles. The van der Waals surface area contributed by atoms with Crippen LogP contribution in [0.2, 0.25) is 0 Å². The van der Waals surface area contributed by atoms with Crippen LogP contribution in [0.5, 0.6) is 0 Å². The van der Waals surface area contributed by atoms with E-state index in [1.54, 1.807) is 60.0 Å². The summed E-state index contributed by atoms with van der Waals surface area (Å²) in [5.74, 6) is -2.28. The molecule has 2 aromatic carbocycles. The Morgan fingerprint density at radius 2 is 1.31 bits per heavy atom. The summed E-state index contributed by atoms with van der Waals surface area (Å²) >= 11 is 0. The minimum absolute atomic E-state index is 0.0348. The molecule has 19 nitrogen and oxygen atoms in total. The van der Waals surface area contributed by atoms with Gasteiger partial charge in [0.2, 0.25) is 13.6 Å². The first-order valence-corrected chi connectivity index (χ1v) is 16.4. The topological polar surface area (TPSA) is 260 Å². The molecule has 0 amide bonds. The summed E-state index contributed by atoms with van der Waals surface area (Å²) in [5, 5.41) is 15.6. The zero-order valence-electron chi connectivity index (χ0n) is 27.0. The highest BCUT2D eigenvalue weighted by molar-refractivity contribution is 7.53. The fourth-order valence-electron chi connectivity index (χ4n) is 3.66. The van der Waals surface area contributed by atoms with Crippen LogP contribution in [0.25, 0.3) is 11.2 Å². The Morgan fingerprint density at radius 3 is 1.80 bits per heavy atom. The summed E-state index contributed by atoms with van der Waals surface area (Å²) in [6.45, 7) is 0.305. The van der Waals surface area contributed by atoms with Crippen molar-refractivity contribution >= 4 is 48.8 Å². The molecule has 272 valence electrons. The highest BCUT2D eigenvalue weighted by Gasteiger charge is 2.29. The standard InChI is InChI=1S/C27H30N5O10P.C4H4O4/c1-20(12-32-16-31-23-24(28)29-15-30-25(23)32)40-19-43(35,41-17-38-26(33)36-13-21-8-4-2-5-9-21)42-18-39-27(34)37-14-22-10-6-3-7-11-22;5-3(6)1-2-4(7)8/h2-11,15-16,20H,12-14,17-19H2,1H3,(H2,28,29,30);1-2H,(H,5,6)(H,7,8)/b;2-1+/t20-;/m1./s1. The van der Waals surface area contributed by atoms with Crippen molar-refractivity contribution < 1.29 is 66.7 Å². The molecule has 2 aromatic heterocycles. The van der Waals surface area contributed by atoms with Crippen molar-refractivity contribution in [1.29, 1.82) is 0 Å². The lowest BCUT2D eigenvalue weighted by atomic mass is 10.2. The van der Waals surface area contributed by atoms with E-state index >= 15 is 0 Å². The summed E-state index contributed by atoms with van der Waals surface area (Å²) < 4.78 is 51.0. The van der Waals surface area contributed by atoms with Crippen molar-refractivity contribution in [2.24, 2.45) is 0 Å². The van der Waals surface area contributed by atoms with Gasteiger partial charge in [-0.1, -0.05) is 60.7 Å². The molecule has 4 rings (SSSR count). The van der Waals surface area contributed by atoms with Crippen molar-refractivity contribution in [1.82, 2.24) is 19.5 Å². The lowest BCUT2D eigenvalue weighted by Crippen LogP contribution is -2.19. The molecule has 2 heterocycles. The van der Waals surface area contributed by atoms with Crippen LogP contribution in [-0.2, 0) is 66.6 Å². The van der Waals surface area contributed by atoms with E-state index in [-0.39, 0.29) is 25.6 Å². The fraction of sp³-hybridized carbons (Fsp3) is 0.258. The number of anilines is 1. The number of hydrogen-bond donors (Lipinski definition) is 3. The van der Waals surface area contributed by atoms with Gasteiger partial charge in [-0.3, -0.25) is 13.6 Å². The van der Waals surface area contributed by atoms with Crippen LogP contribution in [0.4, 0.5) is 15.4 Å². The zero-order chi connectivity index (χ0) is 37.1. The van der Waals surface area contributed by atoms with Gasteiger partial charge in [0.15, 0.2) is 11.5 Å². The van der Waals surface area contributed by atoms with E-state index in [1.165, 1.54) is 12.7 Å². The Kier molecular flexibility index (Phi) is 16.0. The summed E-state index contributed by atoms with van der Waals surface area (Å²) in [7, 11) is -4.14. The maximum absolute atomic E-state index is 13.4. The van der Waals surface area contributed by atoms with Gasteiger partial charge in [-0.25, -0.2) is 34.1 Å². The number of aromatic nitrogens is 4. The molecule has 0 aliphatic rings. The van der Waals surface area contributed by atoms with Gasteiger partial charge < -0.3 is 44.2 Å². The van der Waals surface area contributed by atoms with E-state index < -0.39 is 57.9 Å². The molecule has 0 spiro atoms. The van der Waals surface area contributed by atoms with Gasteiger partial charge in [0.1, 0.15) is 31.4 Å². The van der Waals surface area contributed by atoms with Crippen LogP contribution in [0.15, 0.2) is 85.5 Å². The van der Waals surface area contributed by atoms with E-state index in [2.05, 4.69) is 15.0 Å². The number of carboxylic acid groups (broad SMARTS) is 2. The van der Waals surface area contributed by atoms with Gasteiger partial charge in [-0.2, -0.15) is 0 Å². The Balaban J connectivity index is 0.000000783. The number of rotatable bonds is 17. The predicted octanol–water partition coefficient (Wildman–Crippen LogP) is 4.33. The number of benzene rings is 2. The normalized spacial score (nSPS) is 11.6. The molecule has 4 aromatic rings. The van der Waals surface area contributed by atoms with Crippen LogP contribution in [0, 0.1) is 0 Å². The van der Waals surface area contributed by atoms with E-state index in [9.17, 15) is 23.7 Å². The van der Waals surface area contributed by atoms with E-state index in [0.29, 0.717) is 23.3 Å². The molecule has 0 bridgehead atoms. The molecule has 51 heavy (non-hydrogen) atoms. The summed E-state index contributed by atoms with van der Waals surface area (Å²) in [6.07, 6.45) is 0.701. The van der Waals surface area contributed by atoms with Crippen LogP contribution >= 0.6 is 7.60 Å². The SMILES string of the molecule is C[C@H](Cn1cnc2c(N)ncnc21)OCP(=O)(OCOC(=O)OCc1ccccc1)OCOC(=O)OCc1ccccc1.O=C(O)/C=C/C(=O)O. The van der Waals surface area contributed by atoms with Crippen molar-refractivity contribution in [2.75, 3.05) is 25.7 Å². The van der Waals surface area contributed by atoms with E-state index in [4.69, 9.17) is 48.7 Å². The number of hydrogen-bond acceptors (Lipinski definition) is 16. The summed E-state index contributed by atoms with van der Waals surface area (Å²) in [6, 6.07) is 17.9. The minimum atomic E-state index is -4.14. The molecule has 4 N–H and O–H groups in total. The maximum Gasteiger partial charge on any atom is 0.510 e. The highest BCUT2D eigenvalue weighted by atomic mass is 31.2. The monoisotopic (exact) mass is 731 g/mol.